The fraction of sp³-hybridized carbons (Fsp3) is 0.824. The van der Waals surface area contributed by atoms with Gasteiger partial charge in [-0.2, -0.15) is 0 Å². The molecule has 0 amide bonds. The second-order valence-electron chi connectivity index (χ2n) is 7.98. The zero-order valence-corrected chi connectivity index (χ0v) is 12.3. The van der Waals surface area contributed by atoms with Gasteiger partial charge in [0.1, 0.15) is 0 Å². The first kappa shape index (κ1) is 13.2. The fourth-order valence-corrected chi connectivity index (χ4v) is 6.20. The third-order valence-electron chi connectivity index (χ3n) is 6.02. The second kappa shape index (κ2) is 4.10. The van der Waals surface area contributed by atoms with E-state index in [0.29, 0.717) is 17.4 Å². The zero-order chi connectivity index (χ0) is 13.7. The Labute approximate surface area is 116 Å². The van der Waals surface area contributed by atoms with Crippen molar-refractivity contribution in [2.75, 3.05) is 6.61 Å². The Bertz CT molecular complexity index is 415. The average molecular weight is 262 g/mol. The normalized spacial score (nSPS) is 47.2. The molecule has 106 valence electrons. The average Bonchev–Trinajstić information content (AvgIpc) is 2.33. The van der Waals surface area contributed by atoms with Gasteiger partial charge in [-0.1, -0.05) is 26.8 Å². The summed E-state index contributed by atoms with van der Waals surface area (Å²) in [5, 5.41) is 0. The second-order valence-corrected chi connectivity index (χ2v) is 7.98. The van der Waals surface area contributed by atoms with Crippen molar-refractivity contribution < 1.29 is 9.53 Å². The predicted octanol–water partition coefficient (Wildman–Crippen LogP) is 4.10. The van der Waals surface area contributed by atoms with E-state index in [1.807, 2.05) is 0 Å². The van der Waals surface area contributed by atoms with Crippen LogP contribution in [0.5, 0.6) is 0 Å². The van der Waals surface area contributed by atoms with E-state index in [4.69, 9.17) is 4.74 Å². The molecule has 0 saturated heterocycles. The van der Waals surface area contributed by atoms with Crippen LogP contribution in [0.15, 0.2) is 12.7 Å². The van der Waals surface area contributed by atoms with E-state index < -0.39 is 0 Å². The van der Waals surface area contributed by atoms with Gasteiger partial charge < -0.3 is 4.74 Å². The molecule has 2 nitrogen and oxygen atoms in total. The van der Waals surface area contributed by atoms with Gasteiger partial charge in [-0.05, 0) is 55.3 Å². The standard InChI is InChI=1S/C17H26O2/c1-4-14(18)19-12-17-8-13-6-15(3,10-17)9-16(5-2,7-13)11-17/h4,13H,1,5-12H2,2-3H3. The van der Waals surface area contributed by atoms with Crippen molar-refractivity contribution in [3.05, 3.63) is 12.7 Å². The third-order valence-corrected chi connectivity index (χ3v) is 6.02. The van der Waals surface area contributed by atoms with E-state index in [2.05, 4.69) is 20.4 Å². The predicted molar refractivity (Wildman–Crippen MR) is 75.6 cm³/mol. The molecule has 0 aromatic rings. The van der Waals surface area contributed by atoms with Crippen molar-refractivity contribution in [1.29, 1.82) is 0 Å². The van der Waals surface area contributed by atoms with Crippen LogP contribution >= 0.6 is 0 Å². The summed E-state index contributed by atoms with van der Waals surface area (Å²) in [6.45, 7) is 8.92. The van der Waals surface area contributed by atoms with Crippen LogP contribution in [0.4, 0.5) is 0 Å². The Balaban J connectivity index is 1.82. The number of hydrogen-bond acceptors (Lipinski definition) is 2. The summed E-state index contributed by atoms with van der Waals surface area (Å²) in [7, 11) is 0. The Kier molecular flexibility index (Phi) is 2.85. The molecule has 0 heterocycles. The topological polar surface area (TPSA) is 26.3 Å². The first-order chi connectivity index (χ1) is 8.92. The van der Waals surface area contributed by atoms with Gasteiger partial charge in [0.15, 0.2) is 0 Å². The molecule has 2 heteroatoms. The monoisotopic (exact) mass is 262 g/mol. The van der Waals surface area contributed by atoms with Crippen LogP contribution in [0, 0.1) is 22.2 Å². The molecule has 4 saturated carbocycles. The van der Waals surface area contributed by atoms with Gasteiger partial charge in [0, 0.05) is 11.5 Å². The first-order valence-corrected chi connectivity index (χ1v) is 7.71. The summed E-state index contributed by atoms with van der Waals surface area (Å²) >= 11 is 0. The Hall–Kier alpha value is -0.790. The Morgan fingerprint density at radius 2 is 1.95 bits per heavy atom. The molecule has 4 fully saturated rings. The Morgan fingerprint density at radius 3 is 2.58 bits per heavy atom. The molecule has 4 aliphatic rings. The van der Waals surface area contributed by atoms with Crippen molar-refractivity contribution >= 4 is 5.97 Å². The quantitative estimate of drug-likeness (QED) is 0.563. The molecule has 4 rings (SSSR count). The molecule has 0 aromatic heterocycles. The molecule has 0 spiro atoms. The van der Waals surface area contributed by atoms with Gasteiger partial charge in [0.2, 0.25) is 0 Å². The summed E-state index contributed by atoms with van der Waals surface area (Å²) in [5.74, 6) is 0.607. The highest BCUT2D eigenvalue weighted by Crippen LogP contribution is 2.70. The van der Waals surface area contributed by atoms with E-state index in [1.54, 1.807) is 0 Å². The van der Waals surface area contributed by atoms with Crippen LogP contribution in [-0.2, 0) is 9.53 Å². The molecule has 0 N–H and O–H groups in total. The minimum atomic E-state index is -0.258. The lowest BCUT2D eigenvalue weighted by Gasteiger charge is -2.66. The van der Waals surface area contributed by atoms with Crippen LogP contribution in [0.3, 0.4) is 0 Å². The maximum atomic E-state index is 11.4. The smallest absolute Gasteiger partial charge is 0.330 e. The molecular formula is C17H26O2. The van der Waals surface area contributed by atoms with Crippen LogP contribution in [0.25, 0.3) is 0 Å². The fourth-order valence-electron chi connectivity index (χ4n) is 6.20. The van der Waals surface area contributed by atoms with Gasteiger partial charge in [-0.15, -0.1) is 0 Å². The van der Waals surface area contributed by atoms with E-state index in [9.17, 15) is 4.79 Å². The molecule has 4 atom stereocenters. The van der Waals surface area contributed by atoms with E-state index in [0.717, 1.165) is 5.92 Å². The van der Waals surface area contributed by atoms with Crippen LogP contribution in [0.1, 0.15) is 58.8 Å². The summed E-state index contributed by atoms with van der Waals surface area (Å²) in [5.41, 5.74) is 1.30. The number of carbonyl (C=O) groups excluding carboxylic acids is 1. The Morgan fingerprint density at radius 1 is 1.26 bits per heavy atom. The summed E-state index contributed by atoms with van der Waals surface area (Å²) in [6, 6.07) is 0. The number of esters is 1. The van der Waals surface area contributed by atoms with Gasteiger partial charge in [0.05, 0.1) is 6.61 Å². The van der Waals surface area contributed by atoms with Crippen molar-refractivity contribution in [3.8, 4) is 0 Å². The third kappa shape index (κ3) is 2.13. The largest absolute Gasteiger partial charge is 0.462 e. The molecule has 4 aliphatic carbocycles. The summed E-state index contributed by atoms with van der Waals surface area (Å²) in [6.07, 6.45) is 10.6. The SMILES string of the molecule is C=CC(=O)OCC12CC3CC(C)(CC(CC)(C3)C1)C2. The number of hydrogen-bond donors (Lipinski definition) is 0. The van der Waals surface area contributed by atoms with Crippen molar-refractivity contribution in [3.63, 3.8) is 0 Å². The van der Waals surface area contributed by atoms with E-state index in [-0.39, 0.29) is 11.4 Å². The highest BCUT2D eigenvalue weighted by atomic mass is 16.5. The molecule has 19 heavy (non-hydrogen) atoms. The summed E-state index contributed by atoms with van der Waals surface area (Å²) < 4.78 is 5.45. The summed E-state index contributed by atoms with van der Waals surface area (Å²) in [4.78, 5) is 11.4. The molecule has 0 aromatic carbocycles. The van der Waals surface area contributed by atoms with Gasteiger partial charge in [-0.25, -0.2) is 4.79 Å². The molecule has 4 unspecified atom stereocenters. The van der Waals surface area contributed by atoms with Crippen molar-refractivity contribution in [1.82, 2.24) is 0 Å². The lowest BCUT2D eigenvalue weighted by atomic mass is 9.39. The minimum absolute atomic E-state index is 0.258. The van der Waals surface area contributed by atoms with Crippen LogP contribution < -0.4 is 0 Å². The van der Waals surface area contributed by atoms with Gasteiger partial charge in [0.25, 0.3) is 0 Å². The molecule has 0 aliphatic heterocycles. The van der Waals surface area contributed by atoms with E-state index in [1.165, 1.54) is 51.0 Å². The molecule has 4 bridgehead atoms. The lowest BCUT2D eigenvalue weighted by Crippen LogP contribution is -2.57. The van der Waals surface area contributed by atoms with E-state index >= 15 is 0 Å². The van der Waals surface area contributed by atoms with Gasteiger partial charge >= 0.3 is 5.97 Å². The van der Waals surface area contributed by atoms with Crippen molar-refractivity contribution in [2.24, 2.45) is 22.2 Å². The highest BCUT2D eigenvalue weighted by Gasteiger charge is 2.61. The van der Waals surface area contributed by atoms with Gasteiger partial charge in [-0.3, -0.25) is 0 Å². The van der Waals surface area contributed by atoms with Crippen LogP contribution in [-0.4, -0.2) is 12.6 Å². The van der Waals surface area contributed by atoms with Crippen molar-refractivity contribution in [2.45, 2.75) is 58.8 Å². The maximum Gasteiger partial charge on any atom is 0.330 e. The maximum absolute atomic E-state index is 11.4. The first-order valence-electron chi connectivity index (χ1n) is 7.71. The molecule has 0 radical (unpaired) electrons. The number of ether oxygens (including phenoxy) is 1. The minimum Gasteiger partial charge on any atom is -0.462 e. The number of rotatable bonds is 4. The van der Waals surface area contributed by atoms with Crippen LogP contribution in [0.2, 0.25) is 0 Å². The molecular weight excluding hydrogens is 236 g/mol. The number of carbonyl (C=O) groups is 1. The lowest BCUT2D eigenvalue weighted by molar-refractivity contribution is -0.180. The zero-order valence-electron chi connectivity index (χ0n) is 12.3. The highest BCUT2D eigenvalue weighted by molar-refractivity contribution is 5.81.